The van der Waals surface area contributed by atoms with Gasteiger partial charge in [-0.3, -0.25) is 0 Å². The van der Waals surface area contributed by atoms with E-state index in [0.717, 1.165) is 16.4 Å². The fraction of sp³-hybridized carbons (Fsp3) is 0.400. The van der Waals surface area contributed by atoms with Crippen molar-refractivity contribution in [1.82, 2.24) is 0 Å². The molecule has 1 aromatic rings. The Balaban J connectivity index is 2.35. The summed E-state index contributed by atoms with van der Waals surface area (Å²) in [5.41, 5.74) is 1.01. The fourth-order valence-corrected chi connectivity index (χ4v) is 3.87. The van der Waals surface area contributed by atoms with Crippen molar-refractivity contribution in [2.45, 2.75) is 17.2 Å². The number of hydrogen-bond acceptors (Lipinski definition) is 2. The first-order valence-electron chi connectivity index (χ1n) is 4.49. The molecule has 0 nitrogen and oxygen atoms in total. The maximum atomic E-state index is 12.3. The van der Waals surface area contributed by atoms with Crippen LogP contribution in [0.15, 0.2) is 30.3 Å². The highest BCUT2D eigenvalue weighted by Gasteiger charge is 2.39. The van der Waals surface area contributed by atoms with Gasteiger partial charge in [-0.25, -0.2) is 0 Å². The molecule has 1 atom stereocenters. The van der Waals surface area contributed by atoms with Gasteiger partial charge >= 0.3 is 6.18 Å². The Kier molecular flexibility index (Phi) is 5.86. The fourth-order valence-electron chi connectivity index (χ4n) is 0.926. The van der Waals surface area contributed by atoms with Crippen LogP contribution in [0.3, 0.4) is 0 Å². The van der Waals surface area contributed by atoms with Gasteiger partial charge in [0.2, 0.25) is 0 Å². The first-order chi connectivity index (χ1) is 7.54. The Hall–Kier alpha value is -0.000000000000000111. The van der Waals surface area contributed by atoms with Crippen molar-refractivity contribution in [1.29, 1.82) is 0 Å². The monoisotopic (exact) mass is 286 g/mol. The van der Waals surface area contributed by atoms with E-state index < -0.39 is 17.3 Å². The molecule has 16 heavy (non-hydrogen) atoms. The third-order valence-corrected chi connectivity index (χ3v) is 4.96. The van der Waals surface area contributed by atoms with Gasteiger partial charge < -0.3 is 0 Å². The molecular formula is C10H10ClF3S2. The van der Waals surface area contributed by atoms with E-state index in [2.05, 4.69) is 0 Å². The van der Waals surface area contributed by atoms with Crippen molar-refractivity contribution in [2.75, 3.05) is 5.88 Å². The molecule has 1 rings (SSSR count). The molecule has 90 valence electrons. The minimum atomic E-state index is -4.23. The standard InChI is InChI=1S/C10H10ClF3S2/c11-6-9(10(12,13)14)16-15-7-8-4-2-1-3-5-8/h1-5,9H,6-7H2. The predicted molar refractivity (Wildman–Crippen MR) is 65.9 cm³/mol. The quantitative estimate of drug-likeness (QED) is 0.566. The average molecular weight is 287 g/mol. The maximum Gasteiger partial charge on any atom is 0.402 e. The van der Waals surface area contributed by atoms with Crippen molar-refractivity contribution >= 4 is 33.2 Å². The van der Waals surface area contributed by atoms with E-state index in [4.69, 9.17) is 11.6 Å². The van der Waals surface area contributed by atoms with Crippen LogP contribution in [0.5, 0.6) is 0 Å². The molecule has 0 bridgehead atoms. The Bertz CT molecular complexity index is 303. The summed E-state index contributed by atoms with van der Waals surface area (Å²) in [6.07, 6.45) is -4.23. The molecule has 0 saturated carbocycles. The van der Waals surface area contributed by atoms with Crippen molar-refractivity contribution in [3.8, 4) is 0 Å². The molecule has 0 amide bonds. The van der Waals surface area contributed by atoms with Gasteiger partial charge in [-0.1, -0.05) is 51.9 Å². The van der Waals surface area contributed by atoms with Crippen molar-refractivity contribution < 1.29 is 13.2 Å². The first-order valence-corrected chi connectivity index (χ1v) is 7.40. The summed E-state index contributed by atoms with van der Waals surface area (Å²) in [4.78, 5) is 0. The number of hydrogen-bond donors (Lipinski definition) is 0. The zero-order valence-corrected chi connectivity index (χ0v) is 10.6. The Morgan fingerprint density at radius 1 is 1.19 bits per heavy atom. The van der Waals surface area contributed by atoms with Gasteiger partial charge in [-0.2, -0.15) is 13.2 Å². The predicted octanol–water partition coefficient (Wildman–Crippen LogP) is 4.74. The average Bonchev–Trinajstić information content (AvgIpc) is 2.24. The van der Waals surface area contributed by atoms with Crippen LogP contribution < -0.4 is 0 Å². The Morgan fingerprint density at radius 3 is 2.31 bits per heavy atom. The van der Waals surface area contributed by atoms with Crippen LogP contribution in [0.25, 0.3) is 0 Å². The summed E-state index contributed by atoms with van der Waals surface area (Å²) in [6.45, 7) is 0. The van der Waals surface area contributed by atoms with E-state index >= 15 is 0 Å². The Labute approximate surface area is 105 Å². The zero-order valence-electron chi connectivity index (χ0n) is 8.21. The van der Waals surface area contributed by atoms with Gasteiger partial charge in [-0.15, -0.1) is 11.6 Å². The Morgan fingerprint density at radius 2 is 1.81 bits per heavy atom. The van der Waals surface area contributed by atoms with Crippen molar-refractivity contribution in [2.24, 2.45) is 0 Å². The second-order valence-corrected chi connectivity index (χ2v) is 5.91. The highest BCUT2D eigenvalue weighted by atomic mass is 35.5. The van der Waals surface area contributed by atoms with Crippen LogP contribution in [0, 0.1) is 0 Å². The summed E-state index contributed by atoms with van der Waals surface area (Å²) < 4.78 is 37.0. The topological polar surface area (TPSA) is 0 Å². The van der Waals surface area contributed by atoms with Gasteiger partial charge in [0.15, 0.2) is 0 Å². The molecule has 0 spiro atoms. The minimum absolute atomic E-state index is 0.407. The van der Waals surface area contributed by atoms with Gasteiger partial charge in [0.25, 0.3) is 0 Å². The van der Waals surface area contributed by atoms with E-state index in [0.29, 0.717) is 5.75 Å². The molecule has 1 aromatic carbocycles. The second kappa shape index (κ2) is 6.67. The molecule has 6 heteroatoms. The summed E-state index contributed by atoms with van der Waals surface area (Å²) in [6, 6.07) is 9.37. The second-order valence-electron chi connectivity index (χ2n) is 3.03. The molecule has 0 aliphatic rings. The van der Waals surface area contributed by atoms with Gasteiger partial charge in [0.1, 0.15) is 5.25 Å². The maximum absolute atomic E-state index is 12.3. The summed E-state index contributed by atoms with van der Waals surface area (Å²) >= 11 is 5.28. The lowest BCUT2D eigenvalue weighted by Crippen LogP contribution is -2.26. The van der Waals surface area contributed by atoms with Gasteiger partial charge in [-0.05, 0) is 5.56 Å². The summed E-state index contributed by atoms with van der Waals surface area (Å²) in [5, 5.41) is -1.50. The lowest BCUT2D eigenvalue weighted by Gasteiger charge is -2.16. The van der Waals surface area contributed by atoms with Crippen molar-refractivity contribution in [3.63, 3.8) is 0 Å². The minimum Gasteiger partial charge on any atom is -0.170 e. The molecular weight excluding hydrogens is 277 g/mol. The van der Waals surface area contributed by atoms with E-state index in [-0.39, 0.29) is 0 Å². The molecule has 1 unspecified atom stereocenters. The third-order valence-electron chi connectivity index (χ3n) is 1.76. The first kappa shape index (κ1) is 14.1. The largest absolute Gasteiger partial charge is 0.402 e. The lowest BCUT2D eigenvalue weighted by molar-refractivity contribution is -0.124. The van der Waals surface area contributed by atoms with E-state index in [1.807, 2.05) is 30.3 Å². The molecule has 0 N–H and O–H groups in total. The van der Waals surface area contributed by atoms with E-state index in [9.17, 15) is 13.2 Å². The third kappa shape index (κ3) is 4.89. The normalized spacial score (nSPS) is 13.8. The lowest BCUT2D eigenvalue weighted by atomic mass is 10.2. The van der Waals surface area contributed by atoms with Crippen LogP contribution in [0.2, 0.25) is 0 Å². The number of benzene rings is 1. The van der Waals surface area contributed by atoms with Crippen LogP contribution in [-0.2, 0) is 5.75 Å². The molecule has 0 aliphatic carbocycles. The van der Waals surface area contributed by atoms with Gasteiger partial charge in [0, 0.05) is 11.6 Å². The zero-order chi connectivity index (χ0) is 12.0. The number of rotatable bonds is 5. The molecule has 0 fully saturated rings. The molecule has 0 aromatic heterocycles. The summed E-state index contributed by atoms with van der Waals surface area (Å²) in [7, 11) is 1.96. The van der Waals surface area contributed by atoms with Crippen LogP contribution in [0.1, 0.15) is 5.56 Å². The van der Waals surface area contributed by atoms with E-state index in [1.165, 1.54) is 10.8 Å². The van der Waals surface area contributed by atoms with Crippen LogP contribution in [0.4, 0.5) is 13.2 Å². The number of alkyl halides is 4. The van der Waals surface area contributed by atoms with Crippen molar-refractivity contribution in [3.05, 3.63) is 35.9 Å². The SMILES string of the molecule is FC(F)(F)C(CCl)SSCc1ccccc1. The summed E-state index contributed by atoms with van der Waals surface area (Å²) in [5.74, 6) is 0.144. The van der Waals surface area contributed by atoms with E-state index in [1.54, 1.807) is 0 Å². The molecule has 0 radical (unpaired) electrons. The van der Waals surface area contributed by atoms with Crippen LogP contribution >= 0.6 is 33.2 Å². The molecule has 0 aliphatic heterocycles. The molecule has 0 saturated heterocycles. The molecule has 0 heterocycles. The number of halogens is 4. The highest BCUT2D eigenvalue weighted by Crippen LogP contribution is 2.39. The van der Waals surface area contributed by atoms with Crippen LogP contribution in [-0.4, -0.2) is 17.3 Å². The smallest absolute Gasteiger partial charge is 0.170 e. The highest BCUT2D eigenvalue weighted by molar-refractivity contribution is 8.76. The van der Waals surface area contributed by atoms with Gasteiger partial charge in [0.05, 0.1) is 0 Å².